The van der Waals surface area contributed by atoms with Crippen LogP contribution in [0.3, 0.4) is 0 Å². The normalized spacial score (nSPS) is 10.9. The second kappa shape index (κ2) is 4.23. The van der Waals surface area contributed by atoms with Gasteiger partial charge >= 0.3 is 5.97 Å². The van der Waals surface area contributed by atoms with Crippen molar-refractivity contribution in [2.75, 3.05) is 0 Å². The summed E-state index contributed by atoms with van der Waals surface area (Å²) in [7, 11) is 0. The summed E-state index contributed by atoms with van der Waals surface area (Å²) < 4.78 is 1.77. The molecule has 0 unspecified atom stereocenters. The summed E-state index contributed by atoms with van der Waals surface area (Å²) >= 11 is 1.66. The molecule has 0 bridgehead atoms. The lowest BCUT2D eigenvalue weighted by Gasteiger charge is -2.00. The van der Waals surface area contributed by atoms with Gasteiger partial charge in [-0.3, -0.25) is 0 Å². The molecular weight excluding hydrogens is 250 g/mol. The third-order valence-electron chi connectivity index (χ3n) is 2.61. The van der Waals surface area contributed by atoms with Crippen LogP contribution in [0.15, 0.2) is 36.0 Å². The van der Waals surface area contributed by atoms with E-state index in [1.165, 1.54) is 11.1 Å². The topological polar surface area (TPSA) is 68.0 Å². The molecule has 18 heavy (non-hydrogen) atoms. The third kappa shape index (κ3) is 1.86. The van der Waals surface area contributed by atoms with Crippen molar-refractivity contribution in [3.63, 3.8) is 0 Å². The molecule has 3 rings (SSSR count). The quantitative estimate of drug-likeness (QED) is 0.783. The minimum Gasteiger partial charge on any atom is -0.478 e. The first kappa shape index (κ1) is 10.9. The number of rotatable bonds is 3. The number of pyridine rings is 1. The van der Waals surface area contributed by atoms with Crippen LogP contribution in [0, 0.1) is 0 Å². The van der Waals surface area contributed by atoms with Gasteiger partial charge in [0.25, 0.3) is 0 Å². The molecule has 90 valence electrons. The molecule has 0 aliphatic heterocycles. The lowest BCUT2D eigenvalue weighted by molar-refractivity contribution is 0.0696. The number of aromatic carboxylic acids is 1. The first-order valence-corrected chi connectivity index (χ1v) is 6.19. The molecule has 0 atom stereocenters. The van der Waals surface area contributed by atoms with E-state index in [-0.39, 0.29) is 5.56 Å². The summed E-state index contributed by atoms with van der Waals surface area (Å²) in [6.45, 7) is 0.653. The van der Waals surface area contributed by atoms with E-state index in [9.17, 15) is 4.79 Å². The molecule has 3 aromatic rings. The molecule has 6 heteroatoms. The summed E-state index contributed by atoms with van der Waals surface area (Å²) in [5.74, 6) is -0.976. The fourth-order valence-corrected chi connectivity index (χ4v) is 2.44. The number of carboxylic acids is 1. The molecule has 0 saturated carbocycles. The number of nitrogens with zero attached hydrogens (tertiary/aromatic N) is 3. The Morgan fingerprint density at radius 1 is 1.44 bits per heavy atom. The number of hydrogen-bond acceptors (Lipinski definition) is 4. The Labute approximate surface area is 106 Å². The highest BCUT2D eigenvalue weighted by atomic mass is 32.1. The largest absolute Gasteiger partial charge is 0.478 e. The highest BCUT2D eigenvalue weighted by Crippen LogP contribution is 2.16. The van der Waals surface area contributed by atoms with Crippen LogP contribution in [0.1, 0.15) is 15.2 Å². The van der Waals surface area contributed by atoms with Crippen molar-refractivity contribution in [2.24, 2.45) is 0 Å². The highest BCUT2D eigenvalue weighted by Gasteiger charge is 2.09. The van der Waals surface area contributed by atoms with Gasteiger partial charge in [-0.2, -0.15) is 5.10 Å². The standard InChI is InChI=1S/C12H9N3O2S/c16-12(17)9-4-8-6-14-15(11(8)13-5-9)7-10-2-1-3-18-10/h1-6H,7H2,(H,16,17). The van der Waals surface area contributed by atoms with Crippen LogP contribution in [-0.4, -0.2) is 25.8 Å². The van der Waals surface area contributed by atoms with Gasteiger partial charge in [-0.1, -0.05) is 6.07 Å². The van der Waals surface area contributed by atoms with E-state index >= 15 is 0 Å². The Bertz CT molecular complexity index is 703. The third-order valence-corrected chi connectivity index (χ3v) is 3.47. The smallest absolute Gasteiger partial charge is 0.337 e. The average Bonchev–Trinajstić information content (AvgIpc) is 2.99. The maximum atomic E-state index is 10.8. The van der Waals surface area contributed by atoms with E-state index in [1.54, 1.807) is 28.3 Å². The van der Waals surface area contributed by atoms with Gasteiger partial charge in [0.05, 0.1) is 18.3 Å². The van der Waals surface area contributed by atoms with Gasteiger partial charge in [0.2, 0.25) is 0 Å². The van der Waals surface area contributed by atoms with E-state index in [4.69, 9.17) is 5.11 Å². The average molecular weight is 259 g/mol. The van der Waals surface area contributed by atoms with Crippen molar-refractivity contribution in [3.05, 3.63) is 46.4 Å². The SMILES string of the molecule is O=C(O)c1cnc2c(cnn2Cc2cccs2)c1. The number of fused-ring (bicyclic) bond motifs is 1. The second-order valence-electron chi connectivity index (χ2n) is 3.82. The zero-order valence-electron chi connectivity index (χ0n) is 9.28. The van der Waals surface area contributed by atoms with Gasteiger partial charge in [0.15, 0.2) is 5.65 Å². The van der Waals surface area contributed by atoms with Gasteiger partial charge in [-0.15, -0.1) is 11.3 Å². The van der Waals surface area contributed by atoms with Crippen molar-refractivity contribution in [1.82, 2.24) is 14.8 Å². The number of aromatic nitrogens is 3. The summed E-state index contributed by atoms with van der Waals surface area (Å²) in [6, 6.07) is 5.61. The van der Waals surface area contributed by atoms with Gasteiger partial charge in [-0.05, 0) is 17.5 Å². The molecule has 0 spiro atoms. The zero-order valence-corrected chi connectivity index (χ0v) is 10.1. The second-order valence-corrected chi connectivity index (χ2v) is 4.86. The van der Waals surface area contributed by atoms with Crippen LogP contribution in [0.2, 0.25) is 0 Å². The van der Waals surface area contributed by atoms with E-state index in [0.717, 1.165) is 5.39 Å². The van der Waals surface area contributed by atoms with Gasteiger partial charge in [0.1, 0.15) is 0 Å². The summed E-state index contributed by atoms with van der Waals surface area (Å²) in [5, 5.41) is 15.9. The van der Waals surface area contributed by atoms with Crippen LogP contribution in [0.4, 0.5) is 0 Å². The molecule has 3 aromatic heterocycles. The van der Waals surface area contributed by atoms with E-state index in [2.05, 4.69) is 10.1 Å². The molecule has 0 radical (unpaired) electrons. The van der Waals surface area contributed by atoms with Crippen LogP contribution >= 0.6 is 11.3 Å². The molecule has 0 aliphatic carbocycles. The Morgan fingerprint density at radius 3 is 3.06 bits per heavy atom. The Hall–Kier alpha value is -2.21. The fraction of sp³-hybridized carbons (Fsp3) is 0.0833. The van der Waals surface area contributed by atoms with Crippen molar-refractivity contribution in [3.8, 4) is 0 Å². The summed E-state index contributed by atoms with van der Waals surface area (Å²) in [5.41, 5.74) is 0.881. The predicted molar refractivity (Wildman–Crippen MR) is 67.9 cm³/mol. The van der Waals surface area contributed by atoms with E-state index < -0.39 is 5.97 Å². The van der Waals surface area contributed by atoms with Gasteiger partial charge < -0.3 is 5.11 Å². The van der Waals surface area contributed by atoms with Crippen LogP contribution in [0.5, 0.6) is 0 Å². The van der Waals surface area contributed by atoms with Crippen molar-refractivity contribution < 1.29 is 9.90 Å². The minimum absolute atomic E-state index is 0.179. The maximum Gasteiger partial charge on any atom is 0.337 e. The molecular formula is C12H9N3O2S. The number of carboxylic acid groups (broad SMARTS) is 1. The fourth-order valence-electron chi connectivity index (χ4n) is 1.75. The molecule has 5 nitrogen and oxygen atoms in total. The minimum atomic E-state index is -0.976. The molecule has 0 saturated heterocycles. The van der Waals surface area contributed by atoms with Crippen LogP contribution < -0.4 is 0 Å². The lowest BCUT2D eigenvalue weighted by Crippen LogP contribution is -2.02. The lowest BCUT2D eigenvalue weighted by atomic mass is 10.2. The van der Waals surface area contributed by atoms with Gasteiger partial charge in [-0.25, -0.2) is 14.5 Å². The molecule has 0 aliphatic rings. The van der Waals surface area contributed by atoms with Gasteiger partial charge in [0, 0.05) is 16.5 Å². The molecule has 0 fully saturated rings. The maximum absolute atomic E-state index is 10.8. The van der Waals surface area contributed by atoms with Crippen molar-refractivity contribution in [1.29, 1.82) is 0 Å². The highest BCUT2D eigenvalue weighted by molar-refractivity contribution is 7.09. The molecule has 1 N–H and O–H groups in total. The summed E-state index contributed by atoms with van der Waals surface area (Å²) in [4.78, 5) is 16.2. The summed E-state index contributed by atoms with van der Waals surface area (Å²) in [6.07, 6.45) is 3.00. The Morgan fingerprint density at radius 2 is 2.33 bits per heavy atom. The predicted octanol–water partition coefficient (Wildman–Crippen LogP) is 2.24. The zero-order chi connectivity index (χ0) is 12.5. The van der Waals surface area contributed by atoms with Crippen LogP contribution in [-0.2, 0) is 6.54 Å². The monoisotopic (exact) mass is 259 g/mol. The number of carbonyl (C=O) groups is 1. The van der Waals surface area contributed by atoms with Crippen LogP contribution in [0.25, 0.3) is 11.0 Å². The van der Waals surface area contributed by atoms with Crippen molar-refractivity contribution >= 4 is 28.3 Å². The van der Waals surface area contributed by atoms with E-state index in [1.807, 2.05) is 17.5 Å². The number of thiophene rings is 1. The van der Waals surface area contributed by atoms with Crippen molar-refractivity contribution in [2.45, 2.75) is 6.54 Å². The molecule has 0 aromatic carbocycles. The molecule has 0 amide bonds. The Balaban J connectivity index is 2.02. The molecule has 3 heterocycles. The first-order valence-electron chi connectivity index (χ1n) is 5.31. The van der Waals surface area contributed by atoms with E-state index in [0.29, 0.717) is 12.2 Å². The Kier molecular flexibility index (Phi) is 2.56. The first-order chi connectivity index (χ1) is 8.74. The number of hydrogen-bond donors (Lipinski definition) is 1.